The van der Waals surface area contributed by atoms with Gasteiger partial charge in [0.1, 0.15) is 0 Å². The van der Waals surface area contributed by atoms with Gasteiger partial charge in [-0.25, -0.2) is 0 Å². The zero-order valence-electron chi connectivity index (χ0n) is 14.3. The van der Waals surface area contributed by atoms with Crippen molar-refractivity contribution in [3.05, 3.63) is 60.2 Å². The van der Waals surface area contributed by atoms with Crippen LogP contribution in [0, 0.1) is 0 Å². The molecule has 0 radical (unpaired) electrons. The van der Waals surface area contributed by atoms with Crippen molar-refractivity contribution < 1.29 is 4.79 Å². The van der Waals surface area contributed by atoms with Crippen LogP contribution < -0.4 is 0 Å². The van der Waals surface area contributed by atoms with Crippen LogP contribution in [0.2, 0.25) is 0 Å². The van der Waals surface area contributed by atoms with Crippen molar-refractivity contribution in [2.75, 3.05) is 0 Å². The zero-order valence-corrected chi connectivity index (χ0v) is 14.3. The van der Waals surface area contributed by atoms with E-state index in [1.54, 1.807) is 0 Å². The van der Waals surface area contributed by atoms with Gasteiger partial charge in [-0.3, -0.25) is 9.69 Å². The van der Waals surface area contributed by atoms with E-state index in [1.807, 2.05) is 30.3 Å². The van der Waals surface area contributed by atoms with Crippen LogP contribution in [-0.2, 0) is 0 Å². The highest BCUT2D eigenvalue weighted by atomic mass is 16.1. The molecule has 2 nitrogen and oxygen atoms in total. The molecule has 2 aromatic rings. The zero-order chi connectivity index (χ0) is 16.5. The molecule has 3 atom stereocenters. The van der Waals surface area contributed by atoms with Crippen molar-refractivity contribution in [3.8, 4) is 11.1 Å². The molecule has 2 fully saturated rings. The highest BCUT2D eigenvalue weighted by Gasteiger charge is 2.52. The lowest BCUT2D eigenvalue weighted by atomic mass is 9.95. The first-order valence-electron chi connectivity index (χ1n) is 9.23. The van der Waals surface area contributed by atoms with Crippen LogP contribution in [0.4, 0.5) is 0 Å². The fourth-order valence-corrected chi connectivity index (χ4v) is 4.29. The minimum absolute atomic E-state index is 0.107. The van der Waals surface area contributed by atoms with Gasteiger partial charge in [0, 0.05) is 17.6 Å². The van der Waals surface area contributed by atoms with E-state index in [-0.39, 0.29) is 6.04 Å². The van der Waals surface area contributed by atoms with Gasteiger partial charge in [-0.1, -0.05) is 73.9 Å². The van der Waals surface area contributed by atoms with Crippen molar-refractivity contribution in [1.29, 1.82) is 0 Å². The Morgan fingerprint density at radius 1 is 0.875 bits per heavy atom. The average Bonchev–Trinajstić information content (AvgIpc) is 3.33. The van der Waals surface area contributed by atoms with E-state index in [2.05, 4.69) is 36.1 Å². The van der Waals surface area contributed by atoms with E-state index in [1.165, 1.54) is 43.2 Å². The summed E-state index contributed by atoms with van der Waals surface area (Å²) in [5.74, 6) is 0.299. The van der Waals surface area contributed by atoms with Gasteiger partial charge in [-0.05, 0) is 30.9 Å². The molecule has 24 heavy (non-hydrogen) atoms. The van der Waals surface area contributed by atoms with Crippen molar-refractivity contribution in [2.45, 2.75) is 57.2 Å². The van der Waals surface area contributed by atoms with Gasteiger partial charge in [-0.15, -0.1) is 0 Å². The second-order valence-electron chi connectivity index (χ2n) is 7.23. The molecule has 0 amide bonds. The lowest BCUT2D eigenvalue weighted by Gasteiger charge is -2.23. The molecule has 1 saturated carbocycles. The van der Waals surface area contributed by atoms with Crippen LogP contribution >= 0.6 is 0 Å². The molecule has 0 bridgehead atoms. The summed E-state index contributed by atoms with van der Waals surface area (Å²) in [5, 5.41) is 0. The second-order valence-corrected chi connectivity index (χ2v) is 7.23. The van der Waals surface area contributed by atoms with Crippen LogP contribution in [0.5, 0.6) is 0 Å². The van der Waals surface area contributed by atoms with Gasteiger partial charge in [0.15, 0.2) is 5.78 Å². The summed E-state index contributed by atoms with van der Waals surface area (Å²) in [6.45, 7) is 2.20. The molecular weight excluding hydrogens is 294 g/mol. The SMILES string of the molecule is C[C@@H]1[C@@H](C(=O)c2ccc(-c3ccccc3)cc2)N1C1CCCCC1. The third-order valence-electron chi connectivity index (χ3n) is 5.70. The lowest BCUT2D eigenvalue weighted by Crippen LogP contribution is -2.26. The summed E-state index contributed by atoms with van der Waals surface area (Å²) in [6, 6.07) is 19.6. The topological polar surface area (TPSA) is 20.1 Å². The third kappa shape index (κ3) is 2.91. The van der Waals surface area contributed by atoms with E-state index >= 15 is 0 Å². The highest BCUT2D eigenvalue weighted by molar-refractivity contribution is 6.02. The molecule has 2 heteroatoms. The van der Waals surface area contributed by atoms with Gasteiger partial charge in [0.05, 0.1) is 6.04 Å². The number of ketones is 1. The Kier molecular flexibility index (Phi) is 4.24. The normalized spacial score (nSPS) is 27.0. The molecular formula is C22H25NO. The molecule has 2 aliphatic rings. The molecule has 0 aromatic heterocycles. The monoisotopic (exact) mass is 319 g/mol. The summed E-state index contributed by atoms with van der Waals surface area (Å²) in [7, 11) is 0. The van der Waals surface area contributed by atoms with E-state index in [0.717, 1.165) is 5.56 Å². The van der Waals surface area contributed by atoms with Crippen molar-refractivity contribution in [3.63, 3.8) is 0 Å². The van der Waals surface area contributed by atoms with E-state index in [0.29, 0.717) is 17.9 Å². The maximum absolute atomic E-state index is 12.9. The van der Waals surface area contributed by atoms with Gasteiger partial charge < -0.3 is 0 Å². The Morgan fingerprint density at radius 2 is 1.50 bits per heavy atom. The summed E-state index contributed by atoms with van der Waals surface area (Å²) in [5.41, 5.74) is 3.21. The predicted octanol–water partition coefficient (Wildman–Crippen LogP) is 4.94. The maximum atomic E-state index is 12.9. The Balaban J connectivity index is 1.47. The molecule has 1 heterocycles. The number of carbonyl (C=O) groups is 1. The fourth-order valence-electron chi connectivity index (χ4n) is 4.29. The molecule has 1 aliphatic carbocycles. The predicted molar refractivity (Wildman–Crippen MR) is 98.2 cm³/mol. The van der Waals surface area contributed by atoms with E-state index < -0.39 is 0 Å². The number of nitrogens with zero attached hydrogens (tertiary/aromatic N) is 1. The molecule has 0 spiro atoms. The number of benzene rings is 2. The van der Waals surface area contributed by atoms with Crippen molar-refractivity contribution >= 4 is 5.78 Å². The first-order chi connectivity index (χ1) is 11.8. The van der Waals surface area contributed by atoms with Crippen molar-refractivity contribution in [1.82, 2.24) is 4.90 Å². The van der Waals surface area contributed by atoms with Gasteiger partial charge in [0.2, 0.25) is 0 Å². The first kappa shape index (κ1) is 15.6. The molecule has 1 unspecified atom stereocenters. The molecule has 4 rings (SSSR count). The lowest BCUT2D eigenvalue weighted by molar-refractivity contribution is 0.0963. The van der Waals surface area contributed by atoms with Gasteiger partial charge >= 0.3 is 0 Å². The minimum Gasteiger partial charge on any atom is -0.292 e. The number of carbonyl (C=O) groups excluding carboxylic acids is 1. The second kappa shape index (κ2) is 6.52. The van der Waals surface area contributed by atoms with Crippen LogP contribution in [-0.4, -0.2) is 28.8 Å². The molecule has 0 N–H and O–H groups in total. The Hall–Kier alpha value is -1.93. The van der Waals surface area contributed by atoms with E-state index in [4.69, 9.17) is 0 Å². The standard InChI is InChI=1S/C22H25NO/c1-16-21(23(16)20-10-6-3-7-11-20)22(24)19-14-12-18(13-15-19)17-8-4-2-5-9-17/h2,4-5,8-9,12-16,20-21H,3,6-7,10-11H2,1H3/t16-,21+,23?/m1/s1. The Labute approximate surface area is 144 Å². The summed E-state index contributed by atoms with van der Waals surface area (Å²) in [4.78, 5) is 15.3. The molecule has 1 aliphatic heterocycles. The highest BCUT2D eigenvalue weighted by Crippen LogP contribution is 2.38. The average molecular weight is 319 g/mol. The van der Waals surface area contributed by atoms with Gasteiger partial charge in [0.25, 0.3) is 0 Å². The maximum Gasteiger partial charge on any atom is 0.181 e. The first-order valence-corrected chi connectivity index (χ1v) is 9.23. The minimum atomic E-state index is 0.107. The summed E-state index contributed by atoms with van der Waals surface area (Å²) in [6.07, 6.45) is 6.53. The quantitative estimate of drug-likeness (QED) is 0.587. The van der Waals surface area contributed by atoms with Crippen LogP contribution in [0.15, 0.2) is 54.6 Å². The molecule has 2 aromatic carbocycles. The number of rotatable bonds is 4. The smallest absolute Gasteiger partial charge is 0.181 e. The Morgan fingerprint density at radius 3 is 2.17 bits per heavy atom. The fraction of sp³-hybridized carbons (Fsp3) is 0.409. The van der Waals surface area contributed by atoms with Gasteiger partial charge in [-0.2, -0.15) is 0 Å². The van der Waals surface area contributed by atoms with Crippen LogP contribution in [0.1, 0.15) is 49.4 Å². The van der Waals surface area contributed by atoms with Crippen molar-refractivity contribution in [2.24, 2.45) is 0 Å². The number of hydrogen-bond donors (Lipinski definition) is 0. The molecule has 1 saturated heterocycles. The van der Waals surface area contributed by atoms with E-state index in [9.17, 15) is 4.79 Å². The summed E-state index contributed by atoms with van der Waals surface area (Å²) < 4.78 is 0. The largest absolute Gasteiger partial charge is 0.292 e. The number of Topliss-reactive ketones (excluding diaryl/α,β-unsaturated/α-hetero) is 1. The third-order valence-corrected chi connectivity index (χ3v) is 5.70. The molecule has 124 valence electrons. The Bertz CT molecular complexity index is 701. The van der Waals surface area contributed by atoms with Crippen LogP contribution in [0.25, 0.3) is 11.1 Å². The summed E-state index contributed by atoms with van der Waals surface area (Å²) >= 11 is 0. The van der Waals surface area contributed by atoms with Crippen LogP contribution in [0.3, 0.4) is 0 Å². The number of hydrogen-bond acceptors (Lipinski definition) is 2.